The molecule has 2 rings (SSSR count). The summed E-state index contributed by atoms with van der Waals surface area (Å²) in [6.45, 7) is 6.38. The average molecular weight is 349 g/mol. The molecule has 0 spiro atoms. The van der Waals surface area contributed by atoms with Crippen molar-refractivity contribution in [3.63, 3.8) is 0 Å². The van der Waals surface area contributed by atoms with Gasteiger partial charge in [0.25, 0.3) is 0 Å². The Kier molecular flexibility index (Phi) is 6.56. The van der Waals surface area contributed by atoms with E-state index in [2.05, 4.69) is 31.7 Å². The molecule has 0 saturated carbocycles. The third-order valence-corrected chi connectivity index (χ3v) is 4.72. The number of ether oxygens (including phenoxy) is 1. The Morgan fingerprint density at radius 1 is 1.39 bits per heavy atom. The van der Waals surface area contributed by atoms with Crippen molar-refractivity contribution in [2.45, 2.75) is 19.2 Å². The zero-order valence-corrected chi connectivity index (χ0v) is 15.1. The van der Waals surface area contributed by atoms with E-state index >= 15 is 0 Å². The topological polar surface area (TPSA) is 9.23 Å². The fourth-order valence-electron chi connectivity index (χ4n) is 2.55. The molecule has 1 aliphatic carbocycles. The molecule has 0 saturated heterocycles. The Hall–Kier alpha value is -1.44. The third-order valence-electron chi connectivity index (χ3n) is 4.08. The fraction of sp³-hybridized carbons (Fsp3) is 0.300. The summed E-state index contributed by atoms with van der Waals surface area (Å²) < 4.78 is 5.32. The number of halogens is 2. The minimum absolute atomic E-state index is 0.411. The van der Waals surface area contributed by atoms with Crippen molar-refractivity contribution in [2.75, 3.05) is 7.11 Å². The molecule has 1 aromatic carbocycles. The second-order valence-electron chi connectivity index (χ2n) is 5.84. The summed E-state index contributed by atoms with van der Waals surface area (Å²) in [5, 5.41) is 0.700. The Labute approximate surface area is 148 Å². The molecule has 1 aromatic rings. The minimum Gasteiger partial charge on any atom is -0.497 e. The summed E-state index contributed by atoms with van der Waals surface area (Å²) in [7, 11) is 1.70. The van der Waals surface area contributed by atoms with Gasteiger partial charge in [-0.15, -0.1) is 11.6 Å². The monoisotopic (exact) mass is 348 g/mol. The van der Waals surface area contributed by atoms with E-state index in [1.54, 1.807) is 7.11 Å². The van der Waals surface area contributed by atoms with Crippen LogP contribution in [0.5, 0.6) is 0 Å². The maximum Gasteiger partial charge on any atom is 0.114 e. The van der Waals surface area contributed by atoms with Gasteiger partial charge in [-0.05, 0) is 47.6 Å². The van der Waals surface area contributed by atoms with Crippen LogP contribution >= 0.6 is 23.2 Å². The lowest BCUT2D eigenvalue weighted by Crippen LogP contribution is -2.12. The number of allylic oxidation sites excluding steroid dienone is 5. The van der Waals surface area contributed by atoms with Crippen molar-refractivity contribution in [3.05, 3.63) is 76.6 Å². The summed E-state index contributed by atoms with van der Waals surface area (Å²) in [5.41, 5.74) is 3.08. The molecule has 0 heterocycles. The Balaban J connectivity index is 2.00. The smallest absolute Gasteiger partial charge is 0.114 e. The summed E-state index contributed by atoms with van der Waals surface area (Å²) in [5.74, 6) is 2.25. The highest BCUT2D eigenvalue weighted by Crippen LogP contribution is 2.29. The van der Waals surface area contributed by atoms with E-state index in [0.29, 0.717) is 22.7 Å². The van der Waals surface area contributed by atoms with Crippen molar-refractivity contribution in [1.82, 2.24) is 0 Å². The molecule has 1 aliphatic rings. The van der Waals surface area contributed by atoms with Gasteiger partial charge in [-0.2, -0.15) is 0 Å². The maximum absolute atomic E-state index is 6.18. The lowest BCUT2D eigenvalue weighted by molar-refractivity contribution is 0.294. The second-order valence-corrected chi connectivity index (χ2v) is 6.51. The number of rotatable bonds is 6. The molecule has 0 aromatic heterocycles. The highest BCUT2D eigenvalue weighted by molar-refractivity contribution is 6.32. The van der Waals surface area contributed by atoms with Crippen LogP contribution in [0.25, 0.3) is 6.08 Å². The highest BCUT2D eigenvalue weighted by Gasteiger charge is 2.17. The molecule has 2 unspecified atom stereocenters. The van der Waals surface area contributed by atoms with E-state index in [1.165, 1.54) is 0 Å². The Morgan fingerprint density at radius 2 is 2.17 bits per heavy atom. The first-order valence-electron chi connectivity index (χ1n) is 7.67. The van der Waals surface area contributed by atoms with Gasteiger partial charge in [-0.25, -0.2) is 0 Å². The van der Waals surface area contributed by atoms with Gasteiger partial charge < -0.3 is 4.74 Å². The van der Waals surface area contributed by atoms with E-state index in [4.69, 9.17) is 27.9 Å². The predicted octanol–water partition coefficient (Wildman–Crippen LogP) is 6.39. The summed E-state index contributed by atoms with van der Waals surface area (Å²) in [6, 6.07) is 5.90. The molecular weight excluding hydrogens is 327 g/mol. The van der Waals surface area contributed by atoms with Crippen LogP contribution < -0.4 is 0 Å². The largest absolute Gasteiger partial charge is 0.497 e. The van der Waals surface area contributed by atoms with Gasteiger partial charge in [0.1, 0.15) is 5.76 Å². The van der Waals surface area contributed by atoms with Gasteiger partial charge >= 0.3 is 0 Å². The van der Waals surface area contributed by atoms with Gasteiger partial charge in [-0.1, -0.05) is 61.0 Å². The van der Waals surface area contributed by atoms with Crippen LogP contribution in [0.1, 0.15) is 24.5 Å². The first kappa shape index (κ1) is 17.9. The average Bonchev–Trinajstić information content (AvgIpc) is 2.55. The summed E-state index contributed by atoms with van der Waals surface area (Å²) in [6.07, 6.45) is 11.4. The molecule has 3 heteroatoms. The van der Waals surface area contributed by atoms with Gasteiger partial charge in [0.15, 0.2) is 0 Å². The lowest BCUT2D eigenvalue weighted by Gasteiger charge is -2.22. The third kappa shape index (κ3) is 5.02. The molecule has 122 valence electrons. The molecule has 0 bridgehead atoms. The van der Waals surface area contributed by atoms with Crippen LogP contribution in [-0.4, -0.2) is 7.11 Å². The number of methoxy groups -OCH3 is 1. The van der Waals surface area contributed by atoms with Crippen LogP contribution in [0.15, 0.2) is 60.4 Å². The van der Waals surface area contributed by atoms with E-state index in [0.717, 1.165) is 28.9 Å². The molecule has 0 radical (unpaired) electrons. The van der Waals surface area contributed by atoms with E-state index in [9.17, 15) is 0 Å². The predicted molar refractivity (Wildman–Crippen MR) is 101 cm³/mol. The van der Waals surface area contributed by atoms with Crippen LogP contribution in [0, 0.1) is 11.8 Å². The van der Waals surface area contributed by atoms with Crippen LogP contribution in [0.3, 0.4) is 0 Å². The first-order valence-corrected chi connectivity index (χ1v) is 8.59. The number of hydrogen-bond acceptors (Lipinski definition) is 1. The Morgan fingerprint density at radius 3 is 2.83 bits per heavy atom. The van der Waals surface area contributed by atoms with Crippen molar-refractivity contribution >= 4 is 29.3 Å². The fourth-order valence-corrected chi connectivity index (χ4v) is 3.11. The number of benzene rings is 1. The van der Waals surface area contributed by atoms with Gasteiger partial charge in [0, 0.05) is 10.9 Å². The van der Waals surface area contributed by atoms with Crippen molar-refractivity contribution < 1.29 is 4.74 Å². The first-order chi connectivity index (χ1) is 11.0. The number of alkyl halides is 1. The molecule has 0 aliphatic heterocycles. The van der Waals surface area contributed by atoms with Crippen LogP contribution in [-0.2, 0) is 10.6 Å². The quantitative estimate of drug-likeness (QED) is 0.427. The molecule has 23 heavy (non-hydrogen) atoms. The van der Waals surface area contributed by atoms with Gasteiger partial charge in [-0.3, -0.25) is 0 Å². The van der Waals surface area contributed by atoms with Gasteiger partial charge in [0.2, 0.25) is 0 Å². The minimum atomic E-state index is 0.411. The van der Waals surface area contributed by atoms with E-state index < -0.39 is 0 Å². The maximum atomic E-state index is 6.18. The van der Waals surface area contributed by atoms with Crippen molar-refractivity contribution in [2.24, 2.45) is 11.8 Å². The lowest BCUT2D eigenvalue weighted by atomic mass is 9.84. The molecule has 2 atom stereocenters. The second kappa shape index (κ2) is 8.42. The molecule has 0 N–H and O–H groups in total. The van der Waals surface area contributed by atoms with E-state index in [-0.39, 0.29) is 0 Å². The van der Waals surface area contributed by atoms with Crippen LogP contribution in [0.2, 0.25) is 5.02 Å². The zero-order chi connectivity index (χ0) is 16.8. The summed E-state index contributed by atoms with van der Waals surface area (Å²) >= 11 is 12.0. The Bertz CT molecular complexity index is 656. The molecule has 0 amide bonds. The van der Waals surface area contributed by atoms with Gasteiger partial charge in [0.05, 0.1) is 7.11 Å². The van der Waals surface area contributed by atoms with Crippen LogP contribution in [0.4, 0.5) is 0 Å². The highest BCUT2D eigenvalue weighted by atomic mass is 35.5. The van der Waals surface area contributed by atoms with E-state index in [1.807, 2.05) is 30.4 Å². The molecule has 1 nitrogen and oxygen atoms in total. The SMILES string of the molecule is C=C(/C=C/c1ccc(CCl)c(Cl)c1)CC1C=C(OC)C=CC1C. The molecular formula is C20H22Cl2O. The summed E-state index contributed by atoms with van der Waals surface area (Å²) in [4.78, 5) is 0. The zero-order valence-electron chi connectivity index (χ0n) is 13.6. The molecule has 0 fully saturated rings. The normalized spacial score (nSPS) is 20.6. The standard InChI is InChI=1S/C20H22Cl2O/c1-14(10-18-12-19(23-3)9-5-15(18)2)4-6-16-7-8-17(13-21)20(22)11-16/h4-9,11-12,15,18H,1,10,13H2,2-3H3/b6-4+. The van der Waals surface area contributed by atoms with Crippen molar-refractivity contribution in [1.29, 1.82) is 0 Å². The van der Waals surface area contributed by atoms with Crippen molar-refractivity contribution in [3.8, 4) is 0 Å². The number of hydrogen-bond donors (Lipinski definition) is 0.